The minimum absolute atomic E-state index is 0. The predicted octanol–water partition coefficient (Wildman–Crippen LogP) is 2.27. The maximum atomic E-state index is 5.73. The van der Waals surface area contributed by atoms with Crippen molar-refractivity contribution in [1.29, 1.82) is 0 Å². The number of nitrogens with one attached hydrogen (secondary N) is 1. The van der Waals surface area contributed by atoms with Crippen molar-refractivity contribution in [1.82, 2.24) is 20.0 Å². The van der Waals surface area contributed by atoms with Gasteiger partial charge in [-0.1, -0.05) is 18.2 Å². The minimum Gasteiger partial charge on any atom is -0.496 e. The number of aliphatic imine (C=N–C) groups is 1. The van der Waals surface area contributed by atoms with E-state index >= 15 is 0 Å². The zero-order chi connectivity index (χ0) is 18.1. The van der Waals surface area contributed by atoms with Crippen molar-refractivity contribution in [2.45, 2.75) is 13.2 Å². The van der Waals surface area contributed by atoms with Gasteiger partial charge < -0.3 is 19.7 Å². The average Bonchev–Trinajstić information content (AvgIpc) is 3.03. The first-order valence-corrected chi connectivity index (χ1v) is 8.23. The first-order chi connectivity index (χ1) is 12.1. The third-order valence-electron chi connectivity index (χ3n) is 3.73. The van der Waals surface area contributed by atoms with Gasteiger partial charge in [-0.3, -0.25) is 9.67 Å². The monoisotopic (exact) mass is 473 g/mol. The van der Waals surface area contributed by atoms with Crippen LogP contribution < -0.4 is 10.1 Å². The topological polar surface area (TPSA) is 63.9 Å². The van der Waals surface area contributed by atoms with Gasteiger partial charge in [0, 0.05) is 51.6 Å². The third kappa shape index (κ3) is 6.83. The molecule has 8 heteroatoms. The van der Waals surface area contributed by atoms with E-state index in [1.54, 1.807) is 18.8 Å². The molecule has 0 spiro atoms. The van der Waals surface area contributed by atoms with Gasteiger partial charge >= 0.3 is 0 Å². The van der Waals surface area contributed by atoms with Gasteiger partial charge in [-0.15, -0.1) is 24.0 Å². The van der Waals surface area contributed by atoms with Crippen LogP contribution in [0.3, 0.4) is 0 Å². The summed E-state index contributed by atoms with van der Waals surface area (Å²) < 4.78 is 12.8. The van der Waals surface area contributed by atoms with Gasteiger partial charge in [-0.05, 0) is 6.07 Å². The molecule has 0 atom stereocenters. The van der Waals surface area contributed by atoms with Crippen LogP contribution in [0.4, 0.5) is 0 Å². The molecule has 2 aromatic rings. The second-order valence-electron chi connectivity index (χ2n) is 5.72. The van der Waals surface area contributed by atoms with Crippen LogP contribution in [0.15, 0.2) is 41.7 Å². The highest BCUT2D eigenvalue weighted by molar-refractivity contribution is 14.0. The molecule has 0 saturated heterocycles. The van der Waals surface area contributed by atoms with E-state index in [4.69, 9.17) is 9.47 Å². The number of hydrogen-bond donors (Lipinski definition) is 1. The molecule has 1 aromatic carbocycles. The number of rotatable bonds is 8. The smallest absolute Gasteiger partial charge is 0.193 e. The summed E-state index contributed by atoms with van der Waals surface area (Å²) in [7, 11) is 7.36. The molecule has 144 valence electrons. The summed E-state index contributed by atoms with van der Waals surface area (Å²) in [5, 5.41) is 7.49. The number of benzene rings is 1. The summed E-state index contributed by atoms with van der Waals surface area (Å²) in [4.78, 5) is 6.36. The zero-order valence-corrected chi connectivity index (χ0v) is 18.1. The first kappa shape index (κ1) is 22.2. The van der Waals surface area contributed by atoms with Gasteiger partial charge in [0.25, 0.3) is 0 Å². The van der Waals surface area contributed by atoms with Gasteiger partial charge in [0.2, 0.25) is 0 Å². The Labute approximate surface area is 172 Å². The number of aryl methyl sites for hydroxylation is 1. The summed E-state index contributed by atoms with van der Waals surface area (Å²) in [6.45, 7) is 2.53. The molecule has 0 amide bonds. The third-order valence-corrected chi connectivity index (χ3v) is 3.73. The van der Waals surface area contributed by atoms with Gasteiger partial charge in [0.05, 0.1) is 26.5 Å². The Morgan fingerprint density at radius 2 is 2.12 bits per heavy atom. The fraction of sp³-hybridized carbons (Fsp3) is 0.444. The molecule has 0 aliphatic heterocycles. The maximum absolute atomic E-state index is 5.73. The van der Waals surface area contributed by atoms with E-state index in [9.17, 15) is 0 Å². The molecule has 0 saturated carbocycles. The molecular formula is C18H28IN5O2. The van der Waals surface area contributed by atoms with E-state index in [-0.39, 0.29) is 24.0 Å². The fourth-order valence-electron chi connectivity index (χ4n) is 2.53. The predicted molar refractivity (Wildman–Crippen MR) is 114 cm³/mol. The number of hydrogen-bond acceptors (Lipinski definition) is 4. The molecule has 1 aromatic heterocycles. The molecule has 0 fully saturated rings. The molecule has 2 rings (SSSR count). The van der Waals surface area contributed by atoms with Gasteiger partial charge in [-0.25, -0.2) is 0 Å². The van der Waals surface area contributed by atoms with E-state index in [0.717, 1.165) is 29.4 Å². The van der Waals surface area contributed by atoms with E-state index in [2.05, 4.69) is 20.3 Å². The molecule has 7 nitrogen and oxygen atoms in total. The van der Waals surface area contributed by atoms with Crippen LogP contribution >= 0.6 is 24.0 Å². The van der Waals surface area contributed by atoms with E-state index in [0.29, 0.717) is 19.8 Å². The van der Waals surface area contributed by atoms with Crippen LogP contribution in [0.25, 0.3) is 0 Å². The lowest BCUT2D eigenvalue weighted by atomic mass is 10.2. The minimum atomic E-state index is 0. The number of ether oxygens (including phenoxy) is 2. The van der Waals surface area contributed by atoms with Crippen molar-refractivity contribution in [3.05, 3.63) is 47.8 Å². The molecule has 0 bridgehead atoms. The van der Waals surface area contributed by atoms with Crippen molar-refractivity contribution in [2.24, 2.45) is 12.0 Å². The van der Waals surface area contributed by atoms with Crippen LogP contribution in [0, 0.1) is 0 Å². The Hall–Kier alpha value is -1.81. The standard InChI is InChI=1S/C18H27N5O2.HI/c1-19-18(22(2)12-15-11-21-23(3)13-15)20-9-10-25-14-16-7-5-6-8-17(16)24-4;/h5-8,11,13H,9-10,12,14H2,1-4H3,(H,19,20);1H. The number of methoxy groups -OCH3 is 1. The fourth-order valence-corrected chi connectivity index (χ4v) is 2.53. The summed E-state index contributed by atoms with van der Waals surface area (Å²) in [6.07, 6.45) is 3.86. The van der Waals surface area contributed by atoms with Gasteiger partial charge in [0.1, 0.15) is 5.75 Å². The molecular weight excluding hydrogens is 445 g/mol. The lowest BCUT2D eigenvalue weighted by molar-refractivity contribution is 0.123. The van der Waals surface area contributed by atoms with Crippen LogP contribution in [0.2, 0.25) is 0 Å². The van der Waals surface area contributed by atoms with Crippen LogP contribution in [-0.4, -0.2) is 55.0 Å². The molecule has 1 N–H and O–H groups in total. The lowest BCUT2D eigenvalue weighted by Crippen LogP contribution is -2.39. The summed E-state index contributed by atoms with van der Waals surface area (Å²) in [5.74, 6) is 1.67. The Bertz CT molecular complexity index is 690. The van der Waals surface area contributed by atoms with Crippen LogP contribution in [0.5, 0.6) is 5.75 Å². The second-order valence-corrected chi connectivity index (χ2v) is 5.72. The van der Waals surface area contributed by atoms with Gasteiger partial charge in [-0.2, -0.15) is 5.10 Å². The Morgan fingerprint density at radius 1 is 1.35 bits per heavy atom. The molecule has 0 aliphatic carbocycles. The van der Waals surface area contributed by atoms with Crippen molar-refractivity contribution >= 4 is 29.9 Å². The quantitative estimate of drug-likeness (QED) is 0.276. The zero-order valence-electron chi connectivity index (χ0n) is 15.8. The van der Waals surface area contributed by atoms with E-state index in [1.807, 2.05) is 50.8 Å². The molecule has 0 aliphatic rings. The van der Waals surface area contributed by atoms with Crippen molar-refractivity contribution in [2.75, 3.05) is 34.4 Å². The number of nitrogens with zero attached hydrogens (tertiary/aromatic N) is 4. The van der Waals surface area contributed by atoms with E-state index < -0.39 is 0 Å². The largest absolute Gasteiger partial charge is 0.496 e. The Kier molecular flexibility index (Phi) is 10.0. The van der Waals surface area contributed by atoms with Gasteiger partial charge in [0.15, 0.2) is 5.96 Å². The highest BCUT2D eigenvalue weighted by Gasteiger charge is 2.07. The maximum Gasteiger partial charge on any atom is 0.193 e. The number of para-hydroxylation sites is 1. The summed E-state index contributed by atoms with van der Waals surface area (Å²) >= 11 is 0. The molecule has 1 heterocycles. The highest BCUT2D eigenvalue weighted by atomic mass is 127. The van der Waals surface area contributed by atoms with Crippen molar-refractivity contribution in [3.8, 4) is 5.75 Å². The highest BCUT2D eigenvalue weighted by Crippen LogP contribution is 2.17. The molecule has 0 unspecified atom stereocenters. The van der Waals surface area contributed by atoms with Crippen LogP contribution in [0.1, 0.15) is 11.1 Å². The average molecular weight is 473 g/mol. The Balaban J connectivity index is 0.00000338. The molecule has 0 radical (unpaired) electrons. The second kappa shape index (κ2) is 11.7. The van der Waals surface area contributed by atoms with Crippen LogP contribution in [-0.2, 0) is 24.9 Å². The van der Waals surface area contributed by atoms with Crippen molar-refractivity contribution < 1.29 is 9.47 Å². The molecule has 26 heavy (non-hydrogen) atoms. The Morgan fingerprint density at radius 3 is 2.77 bits per heavy atom. The lowest BCUT2D eigenvalue weighted by Gasteiger charge is -2.21. The number of aromatic nitrogens is 2. The van der Waals surface area contributed by atoms with E-state index in [1.165, 1.54) is 0 Å². The summed E-state index contributed by atoms with van der Waals surface area (Å²) in [6, 6.07) is 7.87. The first-order valence-electron chi connectivity index (χ1n) is 8.23. The number of halogens is 1. The number of guanidine groups is 1. The van der Waals surface area contributed by atoms with Crippen molar-refractivity contribution in [3.63, 3.8) is 0 Å². The normalized spacial score (nSPS) is 11.0. The summed E-state index contributed by atoms with van der Waals surface area (Å²) in [5.41, 5.74) is 2.18. The SMILES string of the molecule is CN=C(NCCOCc1ccccc1OC)N(C)Cc1cnn(C)c1.I.